The highest BCUT2D eigenvalue weighted by Gasteiger charge is 2.25. The number of carbonyl (C=O) groups excluding carboxylic acids is 2. The minimum Gasteiger partial charge on any atom is -0.469 e. The number of aryl methyl sites for hydroxylation is 2. The van der Waals surface area contributed by atoms with Crippen LogP contribution in [-0.2, 0) is 9.53 Å². The topological polar surface area (TPSA) is 55.4 Å². The van der Waals surface area contributed by atoms with Gasteiger partial charge in [-0.2, -0.15) is 0 Å². The molecule has 0 heterocycles. The van der Waals surface area contributed by atoms with Gasteiger partial charge in [0.1, 0.15) is 0 Å². The summed E-state index contributed by atoms with van der Waals surface area (Å²) in [4.78, 5) is 24.1. The van der Waals surface area contributed by atoms with Crippen LogP contribution < -0.4 is 5.32 Å². The van der Waals surface area contributed by atoms with Crippen LogP contribution in [0.5, 0.6) is 0 Å². The van der Waals surface area contributed by atoms with E-state index in [-0.39, 0.29) is 24.2 Å². The van der Waals surface area contributed by atoms with Crippen LogP contribution >= 0.6 is 0 Å². The molecule has 4 heteroatoms. The number of carbonyl (C=O) groups is 2. The first-order valence-electron chi connectivity index (χ1n) is 6.79. The lowest BCUT2D eigenvalue weighted by Gasteiger charge is -2.20. The van der Waals surface area contributed by atoms with Gasteiger partial charge in [0.2, 0.25) is 0 Å². The van der Waals surface area contributed by atoms with Gasteiger partial charge in [-0.25, -0.2) is 0 Å². The van der Waals surface area contributed by atoms with Crippen LogP contribution in [0.1, 0.15) is 41.8 Å². The summed E-state index contributed by atoms with van der Waals surface area (Å²) >= 11 is 0. The fourth-order valence-corrected chi connectivity index (χ4v) is 2.16. The van der Waals surface area contributed by atoms with Crippen molar-refractivity contribution in [3.63, 3.8) is 0 Å². The third-order valence-corrected chi connectivity index (χ3v) is 3.10. The van der Waals surface area contributed by atoms with Crippen LogP contribution in [0.25, 0.3) is 0 Å². The number of hydrogen-bond donors (Lipinski definition) is 1. The minimum absolute atomic E-state index is 0.0425. The molecule has 0 aliphatic carbocycles. The lowest BCUT2D eigenvalue weighted by Crippen LogP contribution is -2.42. The minimum atomic E-state index is -0.552. The first-order chi connectivity index (χ1) is 9.35. The fraction of sp³-hybridized carbons (Fsp3) is 0.500. The van der Waals surface area contributed by atoms with E-state index in [1.165, 1.54) is 7.11 Å². The van der Waals surface area contributed by atoms with Gasteiger partial charge in [0, 0.05) is 11.6 Å². The highest BCUT2D eigenvalue weighted by Crippen LogP contribution is 2.15. The van der Waals surface area contributed by atoms with E-state index >= 15 is 0 Å². The second-order valence-corrected chi connectivity index (χ2v) is 5.34. The molecule has 0 radical (unpaired) electrons. The molecule has 1 atom stereocenters. The fourth-order valence-electron chi connectivity index (χ4n) is 2.16. The number of ketones is 1. The molecule has 4 nitrogen and oxygen atoms in total. The van der Waals surface area contributed by atoms with E-state index in [9.17, 15) is 9.59 Å². The average Bonchev–Trinajstić information content (AvgIpc) is 2.36. The maximum Gasteiger partial charge on any atom is 0.307 e. The maximum atomic E-state index is 12.6. The van der Waals surface area contributed by atoms with Gasteiger partial charge < -0.3 is 10.1 Å². The highest BCUT2D eigenvalue weighted by atomic mass is 16.5. The number of Topliss-reactive ketones (excluding diaryl/α,β-unsaturated/α-hetero) is 1. The zero-order chi connectivity index (χ0) is 15.3. The molecule has 0 saturated carbocycles. The molecule has 0 aromatic heterocycles. The number of esters is 1. The molecule has 110 valence electrons. The highest BCUT2D eigenvalue weighted by molar-refractivity contribution is 6.03. The summed E-state index contributed by atoms with van der Waals surface area (Å²) in [6.07, 6.45) is 0.0425. The summed E-state index contributed by atoms with van der Waals surface area (Å²) in [5.41, 5.74) is 2.69. The quantitative estimate of drug-likeness (QED) is 0.641. The molecule has 0 saturated heterocycles. The standard InChI is InChI=1S/C16H23NO3/c1-10(2)17-14(9-15(18)20-5)16(19)13-7-6-11(3)8-12(13)4/h6-8,10,14,17H,9H2,1-5H3. The van der Waals surface area contributed by atoms with Crippen molar-refractivity contribution in [1.82, 2.24) is 5.32 Å². The average molecular weight is 277 g/mol. The van der Waals surface area contributed by atoms with E-state index in [1.807, 2.05) is 45.9 Å². The van der Waals surface area contributed by atoms with Gasteiger partial charge in [0.25, 0.3) is 0 Å². The first kappa shape index (κ1) is 16.4. The predicted octanol–water partition coefficient (Wildman–Crippen LogP) is 2.42. The molecule has 0 bridgehead atoms. The summed E-state index contributed by atoms with van der Waals surface area (Å²) in [6, 6.07) is 5.25. The molecule has 1 N–H and O–H groups in total. The van der Waals surface area contributed by atoms with Crippen LogP contribution in [0.4, 0.5) is 0 Å². The maximum absolute atomic E-state index is 12.6. The predicted molar refractivity (Wildman–Crippen MR) is 78.9 cm³/mol. The molecule has 1 rings (SSSR count). The zero-order valence-corrected chi connectivity index (χ0v) is 12.8. The van der Waals surface area contributed by atoms with Crippen molar-refractivity contribution in [2.45, 2.75) is 46.2 Å². The molecule has 0 aliphatic rings. The Morgan fingerprint density at radius 1 is 1.25 bits per heavy atom. The van der Waals surface area contributed by atoms with E-state index < -0.39 is 6.04 Å². The zero-order valence-electron chi connectivity index (χ0n) is 12.8. The Balaban J connectivity index is 2.99. The molecule has 20 heavy (non-hydrogen) atoms. The van der Waals surface area contributed by atoms with Gasteiger partial charge in [0.15, 0.2) is 5.78 Å². The Labute approximate surface area is 120 Å². The largest absolute Gasteiger partial charge is 0.469 e. The van der Waals surface area contributed by atoms with Crippen LogP contribution in [-0.4, -0.2) is 30.9 Å². The number of nitrogens with one attached hydrogen (secondary N) is 1. The lowest BCUT2D eigenvalue weighted by molar-refractivity contribution is -0.141. The van der Waals surface area contributed by atoms with Crippen molar-refractivity contribution in [2.75, 3.05) is 7.11 Å². The smallest absolute Gasteiger partial charge is 0.307 e. The van der Waals surface area contributed by atoms with Crippen molar-refractivity contribution < 1.29 is 14.3 Å². The van der Waals surface area contributed by atoms with Gasteiger partial charge in [-0.3, -0.25) is 9.59 Å². The van der Waals surface area contributed by atoms with Gasteiger partial charge >= 0.3 is 5.97 Å². The van der Waals surface area contributed by atoms with Gasteiger partial charge in [-0.05, 0) is 19.4 Å². The summed E-state index contributed by atoms with van der Waals surface area (Å²) < 4.78 is 4.67. The molecular weight excluding hydrogens is 254 g/mol. The van der Waals surface area contributed by atoms with E-state index in [4.69, 9.17) is 0 Å². The summed E-state index contributed by atoms with van der Waals surface area (Å²) in [7, 11) is 1.33. The van der Waals surface area contributed by atoms with E-state index in [2.05, 4.69) is 10.1 Å². The molecule has 1 aromatic rings. The van der Waals surface area contributed by atoms with Gasteiger partial charge in [-0.15, -0.1) is 0 Å². The van der Waals surface area contributed by atoms with Crippen molar-refractivity contribution in [2.24, 2.45) is 0 Å². The molecular formula is C16H23NO3. The van der Waals surface area contributed by atoms with Crippen LogP contribution in [0.3, 0.4) is 0 Å². The second-order valence-electron chi connectivity index (χ2n) is 5.34. The normalized spacial score (nSPS) is 12.3. The molecule has 0 aliphatic heterocycles. The van der Waals surface area contributed by atoms with E-state index in [1.54, 1.807) is 0 Å². The van der Waals surface area contributed by atoms with Crippen LogP contribution in [0, 0.1) is 13.8 Å². The number of benzene rings is 1. The Hall–Kier alpha value is -1.68. The Bertz CT molecular complexity index is 494. The monoisotopic (exact) mass is 277 g/mol. The summed E-state index contributed by atoms with van der Waals surface area (Å²) in [5, 5.41) is 3.13. The molecule has 0 fully saturated rings. The molecule has 0 amide bonds. The van der Waals surface area contributed by atoms with E-state index in [0.717, 1.165) is 11.1 Å². The lowest BCUT2D eigenvalue weighted by atomic mass is 9.96. The van der Waals surface area contributed by atoms with Crippen LogP contribution in [0.15, 0.2) is 18.2 Å². The van der Waals surface area contributed by atoms with Crippen molar-refractivity contribution in [3.8, 4) is 0 Å². The molecule has 1 aromatic carbocycles. The third-order valence-electron chi connectivity index (χ3n) is 3.10. The first-order valence-corrected chi connectivity index (χ1v) is 6.79. The van der Waals surface area contributed by atoms with Gasteiger partial charge in [-0.1, -0.05) is 37.6 Å². The summed E-state index contributed by atoms with van der Waals surface area (Å²) in [6.45, 7) is 7.78. The van der Waals surface area contributed by atoms with Crippen molar-refractivity contribution >= 4 is 11.8 Å². The SMILES string of the molecule is COC(=O)CC(NC(C)C)C(=O)c1ccc(C)cc1C. The van der Waals surface area contributed by atoms with Crippen molar-refractivity contribution in [3.05, 3.63) is 34.9 Å². The van der Waals surface area contributed by atoms with Gasteiger partial charge in [0.05, 0.1) is 19.6 Å². The third kappa shape index (κ3) is 4.46. The number of rotatable bonds is 6. The number of hydrogen-bond acceptors (Lipinski definition) is 4. The molecule has 1 unspecified atom stereocenters. The Morgan fingerprint density at radius 2 is 1.90 bits per heavy atom. The van der Waals surface area contributed by atoms with Crippen LogP contribution in [0.2, 0.25) is 0 Å². The number of ether oxygens (including phenoxy) is 1. The van der Waals surface area contributed by atoms with E-state index in [0.29, 0.717) is 5.56 Å². The second kappa shape index (κ2) is 7.20. The number of methoxy groups -OCH3 is 1. The molecule has 0 spiro atoms. The van der Waals surface area contributed by atoms with Crippen molar-refractivity contribution in [1.29, 1.82) is 0 Å². The summed E-state index contributed by atoms with van der Waals surface area (Å²) in [5.74, 6) is -0.456. The Morgan fingerprint density at radius 3 is 2.40 bits per heavy atom. The Kier molecular flexibility index (Phi) is 5.89.